The molecule has 0 spiro atoms. The van der Waals surface area contributed by atoms with E-state index in [4.69, 9.17) is 9.47 Å². The van der Waals surface area contributed by atoms with Gasteiger partial charge in [0.05, 0.1) is 0 Å². The summed E-state index contributed by atoms with van der Waals surface area (Å²) < 4.78 is 10.4. The first-order valence-corrected chi connectivity index (χ1v) is 6.35. The highest BCUT2D eigenvalue weighted by atomic mass is 16.6. The van der Waals surface area contributed by atoms with E-state index in [1.54, 1.807) is 0 Å². The smallest absolute Gasteiger partial charge is 0.292 e. The molecule has 0 aliphatic carbocycles. The molecule has 0 unspecified atom stereocenters. The fraction of sp³-hybridized carbons (Fsp3) is 0.286. The zero-order chi connectivity index (χ0) is 13.9. The fourth-order valence-corrected chi connectivity index (χ4v) is 2.18. The maximum Gasteiger partial charge on any atom is 0.292 e. The minimum Gasteiger partial charge on any atom is -0.494 e. The number of carbonyl (C=O) groups is 2. The topological polar surface area (TPSA) is 67.9 Å². The highest BCUT2D eigenvalue weighted by Gasteiger charge is 2.27. The number of para-hydroxylation sites is 1. The molecule has 1 aromatic carbocycles. The van der Waals surface area contributed by atoms with Crippen LogP contribution in [0.15, 0.2) is 36.3 Å². The van der Waals surface area contributed by atoms with E-state index in [0.717, 1.165) is 11.3 Å². The van der Waals surface area contributed by atoms with Crippen LogP contribution in [0.5, 0.6) is 0 Å². The number of fused-ring (bicyclic) bond motifs is 1. The predicted octanol–water partition coefficient (Wildman–Crippen LogP) is 0.855. The Labute approximate surface area is 116 Å². The molecule has 2 heterocycles. The van der Waals surface area contributed by atoms with Crippen LogP contribution in [0.3, 0.4) is 0 Å². The first-order valence-electron chi connectivity index (χ1n) is 6.35. The first-order chi connectivity index (χ1) is 9.74. The number of rotatable bonds is 1. The molecule has 2 amide bonds. The summed E-state index contributed by atoms with van der Waals surface area (Å²) in [6.07, 6.45) is 1.31. The van der Waals surface area contributed by atoms with Crippen LogP contribution in [-0.2, 0) is 25.6 Å². The van der Waals surface area contributed by atoms with Gasteiger partial charge in [0.2, 0.25) is 11.7 Å². The molecule has 0 saturated heterocycles. The maximum atomic E-state index is 12.3. The molecular formula is C14H14N2O4. The lowest BCUT2D eigenvalue weighted by molar-refractivity contribution is -0.135. The fourth-order valence-electron chi connectivity index (χ4n) is 2.18. The van der Waals surface area contributed by atoms with Crippen molar-refractivity contribution in [1.29, 1.82) is 0 Å². The molecule has 6 nitrogen and oxygen atoms in total. The van der Waals surface area contributed by atoms with Gasteiger partial charge in [0.1, 0.15) is 26.0 Å². The normalized spacial score (nSPS) is 17.9. The van der Waals surface area contributed by atoms with Crippen LogP contribution in [0.2, 0.25) is 0 Å². The van der Waals surface area contributed by atoms with Gasteiger partial charge in [0.15, 0.2) is 0 Å². The van der Waals surface area contributed by atoms with E-state index >= 15 is 0 Å². The number of amides is 2. The van der Waals surface area contributed by atoms with Crippen molar-refractivity contribution >= 4 is 17.5 Å². The molecule has 20 heavy (non-hydrogen) atoms. The summed E-state index contributed by atoms with van der Waals surface area (Å²) in [6, 6.07) is 7.42. The van der Waals surface area contributed by atoms with E-state index in [-0.39, 0.29) is 24.1 Å². The number of benzene rings is 1. The molecule has 1 aromatic rings. The molecule has 2 aliphatic rings. The van der Waals surface area contributed by atoms with Crippen LogP contribution < -0.4 is 5.32 Å². The number of hydrogen-bond donors (Lipinski definition) is 1. The van der Waals surface area contributed by atoms with Crippen LogP contribution >= 0.6 is 0 Å². The third-order valence-corrected chi connectivity index (χ3v) is 3.13. The number of carbonyl (C=O) groups excluding carboxylic acids is 2. The highest BCUT2D eigenvalue weighted by Crippen LogP contribution is 2.21. The average Bonchev–Trinajstić information content (AvgIpc) is 2.65. The van der Waals surface area contributed by atoms with Gasteiger partial charge in [-0.25, -0.2) is 0 Å². The van der Waals surface area contributed by atoms with Crippen LogP contribution in [0.4, 0.5) is 5.69 Å². The van der Waals surface area contributed by atoms with E-state index in [1.165, 1.54) is 11.2 Å². The summed E-state index contributed by atoms with van der Waals surface area (Å²) in [7, 11) is 0. The quantitative estimate of drug-likeness (QED) is 0.824. The molecule has 3 rings (SSSR count). The molecule has 6 heteroatoms. The van der Waals surface area contributed by atoms with Gasteiger partial charge in [0, 0.05) is 12.2 Å². The molecule has 0 radical (unpaired) electrons. The predicted molar refractivity (Wildman–Crippen MR) is 70.5 cm³/mol. The molecule has 0 atom stereocenters. The van der Waals surface area contributed by atoms with Crippen molar-refractivity contribution in [1.82, 2.24) is 4.90 Å². The summed E-state index contributed by atoms with van der Waals surface area (Å²) >= 11 is 0. The molecule has 2 aliphatic heterocycles. The Morgan fingerprint density at radius 1 is 1.20 bits per heavy atom. The lowest BCUT2D eigenvalue weighted by atomic mass is 10.1. The van der Waals surface area contributed by atoms with E-state index in [0.29, 0.717) is 19.8 Å². The van der Waals surface area contributed by atoms with Gasteiger partial charge in [-0.3, -0.25) is 9.59 Å². The monoisotopic (exact) mass is 274 g/mol. The third-order valence-electron chi connectivity index (χ3n) is 3.13. The Kier molecular flexibility index (Phi) is 3.28. The van der Waals surface area contributed by atoms with Crippen molar-refractivity contribution in [2.75, 3.05) is 25.1 Å². The molecular weight excluding hydrogens is 260 g/mol. The third kappa shape index (κ3) is 2.45. The van der Waals surface area contributed by atoms with Crippen LogP contribution in [0.1, 0.15) is 5.56 Å². The molecule has 1 N–H and O–H groups in total. The van der Waals surface area contributed by atoms with Crippen molar-refractivity contribution in [2.24, 2.45) is 0 Å². The highest BCUT2D eigenvalue weighted by molar-refractivity contribution is 5.99. The van der Waals surface area contributed by atoms with Crippen molar-refractivity contribution < 1.29 is 19.1 Å². The zero-order valence-corrected chi connectivity index (χ0v) is 10.8. The van der Waals surface area contributed by atoms with E-state index in [1.807, 2.05) is 24.3 Å². The van der Waals surface area contributed by atoms with Crippen LogP contribution in [0, 0.1) is 0 Å². The summed E-state index contributed by atoms with van der Waals surface area (Å²) in [5.74, 6) is -0.416. The van der Waals surface area contributed by atoms with Crippen molar-refractivity contribution in [2.45, 2.75) is 6.54 Å². The van der Waals surface area contributed by atoms with E-state index in [2.05, 4.69) is 5.32 Å². The van der Waals surface area contributed by atoms with Gasteiger partial charge < -0.3 is 19.7 Å². The number of anilines is 1. The van der Waals surface area contributed by atoms with Crippen molar-refractivity contribution in [3.05, 3.63) is 41.9 Å². The number of nitrogens with zero attached hydrogens (tertiary/aromatic N) is 1. The molecule has 104 valence electrons. The van der Waals surface area contributed by atoms with Gasteiger partial charge in [-0.15, -0.1) is 0 Å². The number of nitrogens with one attached hydrogen (secondary N) is 1. The lowest BCUT2D eigenvalue weighted by Crippen LogP contribution is -2.37. The van der Waals surface area contributed by atoms with Gasteiger partial charge in [-0.05, 0) is 11.6 Å². The Bertz CT molecular complexity index is 582. The molecule has 0 saturated carbocycles. The Hall–Kier alpha value is -2.50. The lowest BCUT2D eigenvalue weighted by Gasteiger charge is -2.22. The van der Waals surface area contributed by atoms with Crippen LogP contribution in [-0.4, -0.2) is 36.5 Å². The van der Waals surface area contributed by atoms with E-state index < -0.39 is 0 Å². The van der Waals surface area contributed by atoms with Gasteiger partial charge in [-0.1, -0.05) is 18.2 Å². The maximum absolute atomic E-state index is 12.3. The number of ether oxygens (including phenoxy) is 2. The first kappa shape index (κ1) is 12.5. The minimum atomic E-state index is -0.337. The summed E-state index contributed by atoms with van der Waals surface area (Å²) in [5.41, 5.74) is 1.63. The van der Waals surface area contributed by atoms with Crippen molar-refractivity contribution in [3.8, 4) is 0 Å². The Morgan fingerprint density at radius 2 is 2.05 bits per heavy atom. The summed E-state index contributed by atoms with van der Waals surface area (Å²) in [6.45, 7) is 1.12. The van der Waals surface area contributed by atoms with Gasteiger partial charge >= 0.3 is 0 Å². The zero-order valence-electron chi connectivity index (χ0n) is 10.8. The Balaban J connectivity index is 1.85. The summed E-state index contributed by atoms with van der Waals surface area (Å²) in [4.78, 5) is 25.6. The van der Waals surface area contributed by atoms with Crippen LogP contribution in [0.25, 0.3) is 0 Å². The van der Waals surface area contributed by atoms with Crippen molar-refractivity contribution in [3.63, 3.8) is 0 Å². The van der Waals surface area contributed by atoms with Gasteiger partial charge in [-0.2, -0.15) is 0 Å². The van der Waals surface area contributed by atoms with Gasteiger partial charge in [0.25, 0.3) is 5.91 Å². The second kappa shape index (κ2) is 5.24. The largest absolute Gasteiger partial charge is 0.494 e. The molecule has 0 aromatic heterocycles. The summed E-state index contributed by atoms with van der Waals surface area (Å²) in [5, 5.41) is 2.79. The molecule has 0 fully saturated rings. The molecule has 0 bridgehead atoms. The number of hydrogen-bond acceptors (Lipinski definition) is 4. The average molecular weight is 274 g/mol. The minimum absolute atomic E-state index is 0.00574. The Morgan fingerprint density at radius 3 is 2.85 bits per heavy atom. The standard InChI is InChI=1S/C14H14N2O4/c17-13-8-16(14(18)12-9-19-5-6-20-12)7-10-3-1-2-4-11(10)15-13/h1-4,9H,5-8H2,(H,15,17). The second-order valence-electron chi connectivity index (χ2n) is 4.57. The SMILES string of the molecule is O=C1CN(C(=O)C2=COCCO2)Cc2ccccc2N1. The van der Waals surface area contributed by atoms with E-state index in [9.17, 15) is 9.59 Å². The second-order valence-corrected chi connectivity index (χ2v) is 4.57.